The van der Waals surface area contributed by atoms with Crippen molar-refractivity contribution in [1.29, 1.82) is 0 Å². The maximum Gasteiger partial charge on any atom is 0.257 e. The maximum absolute atomic E-state index is 12.7. The molecule has 0 bridgehead atoms. The topological polar surface area (TPSA) is 88.5 Å². The van der Waals surface area contributed by atoms with E-state index in [1.807, 2.05) is 19.1 Å². The fraction of sp³-hybridized carbons (Fsp3) is 0.300. The van der Waals surface area contributed by atoms with Crippen LogP contribution in [0.15, 0.2) is 39.3 Å². The first kappa shape index (κ1) is 19.2. The van der Waals surface area contributed by atoms with Crippen LogP contribution in [-0.2, 0) is 0 Å². The number of hydrogen-bond donors (Lipinski definition) is 2. The van der Waals surface area contributed by atoms with Crippen molar-refractivity contribution in [3.63, 3.8) is 0 Å². The van der Waals surface area contributed by atoms with Gasteiger partial charge in [0.15, 0.2) is 0 Å². The van der Waals surface area contributed by atoms with Crippen molar-refractivity contribution < 1.29 is 18.8 Å². The number of benzene rings is 1. The van der Waals surface area contributed by atoms with Gasteiger partial charge in [0, 0.05) is 17.7 Å². The summed E-state index contributed by atoms with van der Waals surface area (Å²) >= 11 is 6.22. The van der Waals surface area contributed by atoms with Gasteiger partial charge in [-0.2, -0.15) is 0 Å². The van der Waals surface area contributed by atoms with Gasteiger partial charge in [-0.1, -0.05) is 35.0 Å². The highest BCUT2D eigenvalue weighted by molar-refractivity contribution is 6.33. The minimum Gasteiger partial charge on any atom is -0.466 e. The molecule has 6 nitrogen and oxygen atoms in total. The lowest BCUT2D eigenvalue weighted by Crippen LogP contribution is -2.26. The third-order valence-electron chi connectivity index (χ3n) is 4.36. The number of carbonyl (C=O) groups excluding carboxylic acids is 1. The third kappa shape index (κ3) is 4.07. The molecule has 1 amide bonds. The van der Waals surface area contributed by atoms with E-state index in [1.54, 1.807) is 32.0 Å². The molecular formula is C20H21ClN2O4. The summed E-state index contributed by atoms with van der Waals surface area (Å²) < 4.78 is 10.6. The molecule has 0 fully saturated rings. The van der Waals surface area contributed by atoms with E-state index in [1.165, 1.54) is 0 Å². The number of hydrogen-bond acceptors (Lipinski definition) is 5. The van der Waals surface area contributed by atoms with Crippen LogP contribution in [0.25, 0.3) is 11.3 Å². The van der Waals surface area contributed by atoms with Crippen molar-refractivity contribution >= 4 is 17.5 Å². The highest BCUT2D eigenvalue weighted by atomic mass is 35.5. The van der Waals surface area contributed by atoms with E-state index in [4.69, 9.17) is 20.5 Å². The Bertz CT molecular complexity index is 961. The Kier molecular flexibility index (Phi) is 5.68. The molecule has 2 N–H and O–H groups in total. The Balaban J connectivity index is 1.70. The summed E-state index contributed by atoms with van der Waals surface area (Å²) in [6.45, 7) is 5.60. The first-order chi connectivity index (χ1) is 12.9. The number of halogens is 1. The van der Waals surface area contributed by atoms with Crippen LogP contribution in [0.1, 0.15) is 45.7 Å². The van der Waals surface area contributed by atoms with Crippen LogP contribution in [0.4, 0.5) is 0 Å². The van der Waals surface area contributed by atoms with Crippen LogP contribution in [0.3, 0.4) is 0 Å². The van der Waals surface area contributed by atoms with Gasteiger partial charge in [0.1, 0.15) is 28.5 Å². The normalized spacial score (nSPS) is 12.2. The second kappa shape index (κ2) is 7.98. The summed E-state index contributed by atoms with van der Waals surface area (Å²) in [6.07, 6.45) is -0.355. The fourth-order valence-electron chi connectivity index (χ4n) is 3.02. The molecular weight excluding hydrogens is 368 g/mol. The molecule has 1 aromatic carbocycles. The van der Waals surface area contributed by atoms with Gasteiger partial charge in [0.2, 0.25) is 0 Å². The van der Waals surface area contributed by atoms with Crippen molar-refractivity contribution in [2.75, 3.05) is 6.54 Å². The number of rotatable bonds is 6. The lowest BCUT2D eigenvalue weighted by molar-refractivity contribution is 0.0941. The standard InChI is InChI=1S/C20H21ClN2O4/c1-11-10-15(12(2)26-11)17(24)8-9-22-20(25)18-13(3)27-23-19(18)14-6-4-5-7-16(14)21/h4-7,10,17,24H,8-9H2,1-3H3,(H,22,25). The van der Waals surface area contributed by atoms with Crippen molar-refractivity contribution in [3.05, 3.63) is 63.8 Å². The van der Waals surface area contributed by atoms with E-state index in [9.17, 15) is 9.90 Å². The van der Waals surface area contributed by atoms with E-state index >= 15 is 0 Å². The smallest absolute Gasteiger partial charge is 0.257 e. The summed E-state index contributed by atoms with van der Waals surface area (Å²) in [5.74, 6) is 1.51. The Labute approximate surface area is 162 Å². The Morgan fingerprint density at radius 3 is 2.67 bits per heavy atom. The zero-order valence-corrected chi connectivity index (χ0v) is 16.1. The van der Waals surface area contributed by atoms with Crippen molar-refractivity contribution in [2.24, 2.45) is 0 Å². The molecule has 1 atom stereocenters. The van der Waals surface area contributed by atoms with E-state index in [0.717, 1.165) is 11.3 Å². The second-order valence-electron chi connectivity index (χ2n) is 6.37. The molecule has 2 heterocycles. The predicted octanol–water partition coefficient (Wildman–Crippen LogP) is 4.37. The summed E-state index contributed by atoms with van der Waals surface area (Å²) in [5, 5.41) is 17.6. The number of aliphatic hydroxyl groups excluding tert-OH is 1. The minimum absolute atomic E-state index is 0.288. The van der Waals surface area contributed by atoms with Crippen molar-refractivity contribution in [3.8, 4) is 11.3 Å². The summed E-state index contributed by atoms with van der Waals surface area (Å²) in [6, 6.07) is 8.94. The molecule has 7 heteroatoms. The molecule has 3 aromatic rings. The fourth-order valence-corrected chi connectivity index (χ4v) is 3.25. The van der Waals surface area contributed by atoms with Crippen LogP contribution in [0.2, 0.25) is 5.02 Å². The lowest BCUT2D eigenvalue weighted by atomic mass is 10.0. The van der Waals surface area contributed by atoms with E-state index in [2.05, 4.69) is 10.5 Å². The molecule has 1 unspecified atom stereocenters. The summed E-state index contributed by atoms with van der Waals surface area (Å²) in [7, 11) is 0. The van der Waals surface area contributed by atoms with Gasteiger partial charge in [-0.15, -0.1) is 0 Å². The molecule has 3 rings (SSSR count). The second-order valence-corrected chi connectivity index (χ2v) is 6.78. The molecule has 0 spiro atoms. The third-order valence-corrected chi connectivity index (χ3v) is 4.69. The molecule has 2 aromatic heterocycles. The number of aromatic nitrogens is 1. The van der Waals surface area contributed by atoms with E-state index in [-0.39, 0.29) is 12.5 Å². The van der Waals surface area contributed by atoms with Gasteiger partial charge < -0.3 is 19.4 Å². The molecule has 0 saturated carbocycles. The molecule has 0 saturated heterocycles. The zero-order chi connectivity index (χ0) is 19.6. The van der Waals surface area contributed by atoms with Crippen LogP contribution in [0, 0.1) is 20.8 Å². The number of nitrogens with one attached hydrogen (secondary N) is 1. The molecule has 0 aliphatic carbocycles. The van der Waals surface area contributed by atoms with Gasteiger partial charge in [0.25, 0.3) is 5.91 Å². The Morgan fingerprint density at radius 1 is 1.26 bits per heavy atom. The van der Waals surface area contributed by atoms with Gasteiger partial charge in [-0.05, 0) is 39.3 Å². The summed E-state index contributed by atoms with van der Waals surface area (Å²) in [5.41, 5.74) is 2.11. The van der Waals surface area contributed by atoms with Crippen molar-refractivity contribution in [1.82, 2.24) is 10.5 Å². The highest BCUT2D eigenvalue weighted by Crippen LogP contribution is 2.31. The van der Waals surface area contributed by atoms with Gasteiger partial charge >= 0.3 is 0 Å². The molecule has 142 valence electrons. The van der Waals surface area contributed by atoms with E-state index in [0.29, 0.717) is 39.8 Å². The molecule has 0 radical (unpaired) electrons. The molecule has 0 aliphatic heterocycles. The Hall–Kier alpha value is -2.57. The lowest BCUT2D eigenvalue weighted by Gasteiger charge is -2.11. The number of furan rings is 1. The highest BCUT2D eigenvalue weighted by Gasteiger charge is 2.23. The monoisotopic (exact) mass is 388 g/mol. The number of aliphatic hydroxyl groups is 1. The van der Waals surface area contributed by atoms with Crippen LogP contribution in [0.5, 0.6) is 0 Å². The number of carbonyl (C=O) groups is 1. The number of aryl methyl sites for hydroxylation is 3. The molecule has 0 aliphatic rings. The average molecular weight is 389 g/mol. The Morgan fingerprint density at radius 2 is 2.00 bits per heavy atom. The largest absolute Gasteiger partial charge is 0.466 e. The molecule has 27 heavy (non-hydrogen) atoms. The quantitative estimate of drug-likeness (QED) is 0.654. The van der Waals surface area contributed by atoms with Crippen LogP contribution >= 0.6 is 11.6 Å². The van der Waals surface area contributed by atoms with Gasteiger partial charge in [-0.25, -0.2) is 0 Å². The minimum atomic E-state index is -0.714. The SMILES string of the molecule is Cc1cc(C(O)CCNC(=O)c2c(-c3ccccc3Cl)noc2C)c(C)o1. The number of amides is 1. The summed E-state index contributed by atoms with van der Waals surface area (Å²) in [4.78, 5) is 12.7. The number of nitrogens with zero attached hydrogens (tertiary/aromatic N) is 1. The average Bonchev–Trinajstić information content (AvgIpc) is 3.17. The van der Waals surface area contributed by atoms with E-state index < -0.39 is 6.10 Å². The van der Waals surface area contributed by atoms with Gasteiger partial charge in [-0.3, -0.25) is 4.79 Å². The van der Waals surface area contributed by atoms with Crippen LogP contribution in [-0.4, -0.2) is 22.7 Å². The first-order valence-electron chi connectivity index (χ1n) is 8.63. The zero-order valence-electron chi connectivity index (χ0n) is 15.4. The van der Waals surface area contributed by atoms with Gasteiger partial charge in [0.05, 0.1) is 11.1 Å². The van der Waals surface area contributed by atoms with Crippen LogP contribution < -0.4 is 5.32 Å². The maximum atomic E-state index is 12.7. The van der Waals surface area contributed by atoms with Crippen molar-refractivity contribution in [2.45, 2.75) is 33.3 Å². The first-order valence-corrected chi connectivity index (χ1v) is 9.00. The predicted molar refractivity (Wildman–Crippen MR) is 102 cm³/mol.